The lowest BCUT2D eigenvalue weighted by molar-refractivity contribution is -0.134. The maximum absolute atomic E-state index is 12.8. The minimum atomic E-state index is -0.496. The van der Waals surface area contributed by atoms with E-state index in [0.29, 0.717) is 19.1 Å². The number of halogens is 2. The molecule has 0 bridgehead atoms. The van der Waals surface area contributed by atoms with E-state index in [1.807, 2.05) is 41.4 Å². The molecular weight excluding hydrogens is 367 g/mol. The van der Waals surface area contributed by atoms with Crippen molar-refractivity contribution in [2.45, 2.75) is 63.5 Å². The van der Waals surface area contributed by atoms with Gasteiger partial charge in [0.2, 0.25) is 5.91 Å². The summed E-state index contributed by atoms with van der Waals surface area (Å²) >= 11 is 12.5. The molecule has 140 valence electrons. The molecule has 1 aromatic heterocycles. The predicted octanol–water partition coefficient (Wildman–Crippen LogP) is 5.48. The minimum Gasteiger partial charge on any atom is -0.345 e. The molecule has 26 heavy (non-hydrogen) atoms. The summed E-state index contributed by atoms with van der Waals surface area (Å²) in [5, 5.41) is 0.269. The van der Waals surface area contributed by atoms with Gasteiger partial charge in [0, 0.05) is 29.5 Å². The number of alkyl halides is 1. The normalized spacial score (nSPS) is 16.4. The van der Waals surface area contributed by atoms with Crippen LogP contribution < -0.4 is 0 Å². The maximum atomic E-state index is 12.8. The number of aromatic nitrogens is 1. The van der Waals surface area contributed by atoms with Crippen molar-refractivity contribution in [3.63, 3.8) is 0 Å². The van der Waals surface area contributed by atoms with Gasteiger partial charge in [-0.2, -0.15) is 0 Å². The number of benzene rings is 1. The van der Waals surface area contributed by atoms with Crippen molar-refractivity contribution in [3.05, 3.63) is 58.9 Å². The molecule has 1 amide bonds. The zero-order valence-electron chi connectivity index (χ0n) is 15.2. The smallest absolute Gasteiger partial charge is 0.240 e. The molecule has 5 heteroatoms. The summed E-state index contributed by atoms with van der Waals surface area (Å²) in [4.78, 5) is 14.8. The molecule has 0 spiro atoms. The molecule has 1 heterocycles. The van der Waals surface area contributed by atoms with Gasteiger partial charge in [0.1, 0.15) is 5.38 Å². The van der Waals surface area contributed by atoms with Crippen LogP contribution in [-0.4, -0.2) is 26.8 Å². The first kappa shape index (κ1) is 19.3. The summed E-state index contributed by atoms with van der Waals surface area (Å²) in [7, 11) is 0. The lowest BCUT2D eigenvalue weighted by Crippen LogP contribution is -2.44. The third kappa shape index (κ3) is 4.63. The standard InChI is InChI=1S/C21H26Cl2N2O/c1-16(22)21(26)25(18-9-3-2-4-10-18)15-19-11-7-13-24(19)14-17-8-5-6-12-20(17)23/h5-8,11-13,16,18H,2-4,9-10,14-15H2,1H3/t16-/m1/s1. The van der Waals surface area contributed by atoms with Gasteiger partial charge >= 0.3 is 0 Å². The van der Waals surface area contributed by atoms with E-state index in [0.717, 1.165) is 29.1 Å². The first-order valence-corrected chi connectivity index (χ1v) is 10.2. The fourth-order valence-electron chi connectivity index (χ4n) is 3.74. The quantitative estimate of drug-likeness (QED) is 0.597. The minimum absolute atomic E-state index is 0.0315. The second-order valence-corrected chi connectivity index (χ2v) is 8.15. The van der Waals surface area contributed by atoms with Crippen molar-refractivity contribution in [1.29, 1.82) is 0 Å². The second kappa shape index (κ2) is 8.96. The van der Waals surface area contributed by atoms with E-state index in [-0.39, 0.29) is 5.91 Å². The number of nitrogens with zero attached hydrogens (tertiary/aromatic N) is 2. The van der Waals surface area contributed by atoms with E-state index >= 15 is 0 Å². The van der Waals surface area contributed by atoms with Crippen molar-refractivity contribution in [3.8, 4) is 0 Å². The molecule has 0 aliphatic heterocycles. The molecule has 1 atom stereocenters. The number of rotatable bonds is 6. The van der Waals surface area contributed by atoms with Crippen molar-refractivity contribution >= 4 is 29.1 Å². The number of carbonyl (C=O) groups is 1. The van der Waals surface area contributed by atoms with Gasteiger partial charge < -0.3 is 9.47 Å². The van der Waals surface area contributed by atoms with E-state index in [2.05, 4.69) is 10.6 Å². The van der Waals surface area contributed by atoms with Gasteiger partial charge in [-0.3, -0.25) is 4.79 Å². The van der Waals surface area contributed by atoms with Crippen LogP contribution in [0.5, 0.6) is 0 Å². The lowest BCUT2D eigenvalue weighted by Gasteiger charge is -2.35. The summed E-state index contributed by atoms with van der Waals surface area (Å²) in [5.74, 6) is 0.0315. The Labute approximate surface area is 165 Å². The molecule has 1 saturated carbocycles. The summed E-state index contributed by atoms with van der Waals surface area (Å²) in [6.07, 6.45) is 7.82. The number of hydrogen-bond donors (Lipinski definition) is 0. The average Bonchev–Trinajstić information content (AvgIpc) is 3.08. The third-order valence-electron chi connectivity index (χ3n) is 5.19. The van der Waals surface area contributed by atoms with Crippen molar-refractivity contribution in [2.75, 3.05) is 0 Å². The number of carbonyl (C=O) groups excluding carboxylic acids is 1. The van der Waals surface area contributed by atoms with Gasteiger partial charge in [-0.25, -0.2) is 0 Å². The average molecular weight is 393 g/mol. The van der Waals surface area contributed by atoms with Gasteiger partial charge in [-0.1, -0.05) is 49.1 Å². The van der Waals surface area contributed by atoms with Crippen LogP contribution in [0.1, 0.15) is 50.3 Å². The highest BCUT2D eigenvalue weighted by Gasteiger charge is 2.28. The van der Waals surface area contributed by atoms with Crippen LogP contribution in [-0.2, 0) is 17.9 Å². The molecule has 2 aromatic rings. The molecule has 1 aliphatic carbocycles. The van der Waals surface area contributed by atoms with Crippen molar-refractivity contribution in [2.24, 2.45) is 0 Å². The van der Waals surface area contributed by atoms with Crippen LogP contribution in [0.25, 0.3) is 0 Å². The summed E-state index contributed by atoms with van der Waals surface area (Å²) in [6.45, 7) is 3.06. The van der Waals surface area contributed by atoms with Gasteiger partial charge in [0.25, 0.3) is 0 Å². The van der Waals surface area contributed by atoms with Gasteiger partial charge in [-0.15, -0.1) is 11.6 Å². The summed E-state index contributed by atoms with van der Waals surface area (Å²) < 4.78 is 2.17. The molecule has 1 aliphatic rings. The Hall–Kier alpha value is -1.45. The maximum Gasteiger partial charge on any atom is 0.240 e. The number of amides is 1. The molecule has 0 N–H and O–H groups in total. The SMILES string of the molecule is C[C@@H](Cl)C(=O)N(Cc1cccn1Cc1ccccc1Cl)C1CCCCC1. The van der Waals surface area contributed by atoms with E-state index in [4.69, 9.17) is 23.2 Å². The zero-order chi connectivity index (χ0) is 18.5. The van der Waals surface area contributed by atoms with Crippen LogP contribution in [0.15, 0.2) is 42.6 Å². The monoisotopic (exact) mass is 392 g/mol. The van der Waals surface area contributed by atoms with Gasteiger partial charge in [0.05, 0.1) is 6.54 Å². The number of hydrogen-bond acceptors (Lipinski definition) is 1. The van der Waals surface area contributed by atoms with E-state index in [1.165, 1.54) is 19.3 Å². The first-order chi connectivity index (χ1) is 12.6. The zero-order valence-corrected chi connectivity index (χ0v) is 16.7. The fraction of sp³-hybridized carbons (Fsp3) is 0.476. The van der Waals surface area contributed by atoms with Gasteiger partial charge in [-0.05, 0) is 43.5 Å². The molecule has 0 saturated heterocycles. The van der Waals surface area contributed by atoms with Crippen LogP contribution >= 0.6 is 23.2 Å². The van der Waals surface area contributed by atoms with Gasteiger partial charge in [0.15, 0.2) is 0 Å². The molecule has 3 rings (SSSR count). The van der Waals surface area contributed by atoms with E-state index in [1.54, 1.807) is 6.92 Å². The fourth-order valence-corrected chi connectivity index (χ4v) is 4.06. The Balaban J connectivity index is 1.80. The van der Waals surface area contributed by atoms with E-state index in [9.17, 15) is 4.79 Å². The van der Waals surface area contributed by atoms with Crippen LogP contribution in [0.3, 0.4) is 0 Å². The van der Waals surface area contributed by atoms with Crippen LogP contribution in [0, 0.1) is 0 Å². The molecule has 1 aromatic carbocycles. The Bertz CT molecular complexity index is 735. The van der Waals surface area contributed by atoms with Crippen LogP contribution in [0.2, 0.25) is 5.02 Å². The largest absolute Gasteiger partial charge is 0.345 e. The molecule has 3 nitrogen and oxygen atoms in total. The third-order valence-corrected chi connectivity index (χ3v) is 5.75. The Kier molecular flexibility index (Phi) is 6.66. The Morgan fingerprint density at radius 3 is 2.62 bits per heavy atom. The lowest BCUT2D eigenvalue weighted by atomic mass is 9.94. The Morgan fingerprint density at radius 2 is 1.92 bits per heavy atom. The summed E-state index contributed by atoms with van der Waals surface area (Å²) in [6, 6.07) is 12.3. The summed E-state index contributed by atoms with van der Waals surface area (Å²) in [5.41, 5.74) is 2.19. The predicted molar refractivity (Wildman–Crippen MR) is 108 cm³/mol. The highest BCUT2D eigenvalue weighted by molar-refractivity contribution is 6.31. The molecule has 0 unspecified atom stereocenters. The topological polar surface area (TPSA) is 25.2 Å². The van der Waals surface area contributed by atoms with E-state index < -0.39 is 5.38 Å². The molecule has 1 fully saturated rings. The van der Waals surface area contributed by atoms with Crippen molar-refractivity contribution < 1.29 is 4.79 Å². The Morgan fingerprint density at radius 1 is 1.19 bits per heavy atom. The second-order valence-electron chi connectivity index (χ2n) is 7.09. The first-order valence-electron chi connectivity index (χ1n) is 9.38. The van der Waals surface area contributed by atoms with Crippen LogP contribution in [0.4, 0.5) is 0 Å². The highest BCUT2D eigenvalue weighted by Crippen LogP contribution is 2.26. The molecule has 0 radical (unpaired) electrons. The molecular formula is C21H26Cl2N2O. The van der Waals surface area contributed by atoms with Crippen molar-refractivity contribution in [1.82, 2.24) is 9.47 Å². The highest BCUT2D eigenvalue weighted by atomic mass is 35.5.